The second-order valence-corrected chi connectivity index (χ2v) is 6.57. The van der Waals surface area contributed by atoms with Crippen molar-refractivity contribution in [3.05, 3.63) is 16.1 Å². The normalized spacial score (nSPS) is 21.5. The Bertz CT molecular complexity index is 364. The molecule has 1 saturated heterocycles. The van der Waals surface area contributed by atoms with Crippen LogP contribution in [0.5, 0.6) is 0 Å². The maximum absolute atomic E-state index is 4.69. The molecule has 1 N–H and O–H groups in total. The zero-order valence-corrected chi connectivity index (χ0v) is 13.1. The van der Waals surface area contributed by atoms with Crippen LogP contribution < -0.4 is 5.32 Å². The van der Waals surface area contributed by atoms with Crippen molar-refractivity contribution >= 4 is 11.3 Å². The van der Waals surface area contributed by atoms with Gasteiger partial charge < -0.3 is 5.32 Å². The van der Waals surface area contributed by atoms with Crippen LogP contribution in [0.15, 0.2) is 5.38 Å². The Morgan fingerprint density at radius 1 is 1.42 bits per heavy atom. The molecule has 4 heteroatoms. The number of rotatable bonds is 6. The molecule has 2 rings (SSSR count). The standard InChI is InChI=1S/C15H27N3S/c1-3-5-13-6-4-8-18(9-7-13)11-14-12-19-15(17-14)10-16-2/h12-13,16H,3-11H2,1-2H3. The predicted octanol–water partition coefficient (Wildman–Crippen LogP) is 3.26. The van der Waals surface area contributed by atoms with Gasteiger partial charge in [-0.05, 0) is 45.3 Å². The number of hydrogen-bond donors (Lipinski definition) is 1. The van der Waals surface area contributed by atoms with E-state index in [4.69, 9.17) is 4.98 Å². The molecule has 1 aliphatic rings. The minimum Gasteiger partial charge on any atom is -0.314 e. The van der Waals surface area contributed by atoms with Crippen LogP contribution in [0.2, 0.25) is 0 Å². The van der Waals surface area contributed by atoms with Crippen LogP contribution in [0, 0.1) is 5.92 Å². The van der Waals surface area contributed by atoms with E-state index in [2.05, 4.69) is 22.5 Å². The lowest BCUT2D eigenvalue weighted by Gasteiger charge is -2.18. The Morgan fingerprint density at radius 2 is 2.32 bits per heavy atom. The monoisotopic (exact) mass is 281 g/mol. The highest BCUT2D eigenvalue weighted by Gasteiger charge is 2.17. The van der Waals surface area contributed by atoms with Gasteiger partial charge >= 0.3 is 0 Å². The minimum absolute atomic E-state index is 0.892. The third-order valence-electron chi connectivity index (χ3n) is 3.95. The van der Waals surface area contributed by atoms with Crippen molar-refractivity contribution in [2.45, 2.75) is 52.1 Å². The van der Waals surface area contributed by atoms with Crippen LogP contribution in [0.25, 0.3) is 0 Å². The smallest absolute Gasteiger partial charge is 0.107 e. The molecule has 1 aliphatic heterocycles. The molecule has 19 heavy (non-hydrogen) atoms. The number of aromatic nitrogens is 1. The second kappa shape index (κ2) is 7.98. The summed E-state index contributed by atoms with van der Waals surface area (Å²) in [4.78, 5) is 7.29. The van der Waals surface area contributed by atoms with Gasteiger partial charge in [-0.25, -0.2) is 4.98 Å². The van der Waals surface area contributed by atoms with E-state index in [-0.39, 0.29) is 0 Å². The van der Waals surface area contributed by atoms with Gasteiger partial charge in [0.25, 0.3) is 0 Å². The summed E-state index contributed by atoms with van der Waals surface area (Å²) < 4.78 is 0. The molecule has 3 nitrogen and oxygen atoms in total. The van der Waals surface area contributed by atoms with E-state index in [1.54, 1.807) is 11.3 Å². The van der Waals surface area contributed by atoms with Crippen molar-refractivity contribution in [2.75, 3.05) is 20.1 Å². The molecule has 0 aliphatic carbocycles. The molecule has 1 atom stereocenters. The predicted molar refractivity (Wildman–Crippen MR) is 82.4 cm³/mol. The second-order valence-electron chi connectivity index (χ2n) is 5.62. The van der Waals surface area contributed by atoms with Crippen LogP contribution in [-0.2, 0) is 13.1 Å². The molecule has 0 amide bonds. The van der Waals surface area contributed by atoms with Gasteiger partial charge in [0.15, 0.2) is 0 Å². The molecule has 2 heterocycles. The molecule has 0 spiro atoms. The van der Waals surface area contributed by atoms with Crippen LogP contribution in [0.4, 0.5) is 0 Å². The van der Waals surface area contributed by atoms with Gasteiger partial charge in [-0.3, -0.25) is 4.90 Å². The molecule has 0 saturated carbocycles. The van der Waals surface area contributed by atoms with Crippen molar-refractivity contribution in [2.24, 2.45) is 5.92 Å². The molecule has 108 valence electrons. The van der Waals surface area contributed by atoms with E-state index >= 15 is 0 Å². The quantitative estimate of drug-likeness (QED) is 0.867. The van der Waals surface area contributed by atoms with E-state index < -0.39 is 0 Å². The van der Waals surface area contributed by atoms with Crippen molar-refractivity contribution in [1.82, 2.24) is 15.2 Å². The Kier molecular flexibility index (Phi) is 6.28. The number of nitrogens with zero attached hydrogens (tertiary/aromatic N) is 2. The van der Waals surface area contributed by atoms with Gasteiger partial charge in [0.2, 0.25) is 0 Å². The summed E-state index contributed by atoms with van der Waals surface area (Å²) in [5, 5.41) is 6.59. The molecule has 0 radical (unpaired) electrons. The van der Waals surface area contributed by atoms with Gasteiger partial charge in [0.1, 0.15) is 5.01 Å². The third-order valence-corrected chi connectivity index (χ3v) is 4.85. The van der Waals surface area contributed by atoms with E-state index in [1.807, 2.05) is 7.05 Å². The lowest BCUT2D eigenvalue weighted by molar-refractivity contribution is 0.268. The third kappa shape index (κ3) is 4.86. The Labute approximate surface area is 121 Å². The fraction of sp³-hybridized carbons (Fsp3) is 0.800. The molecule has 1 unspecified atom stereocenters. The van der Waals surface area contributed by atoms with Crippen LogP contribution in [0.1, 0.15) is 49.7 Å². The fourth-order valence-electron chi connectivity index (χ4n) is 2.96. The number of thiazole rings is 1. The van der Waals surface area contributed by atoms with Gasteiger partial charge in [-0.2, -0.15) is 0 Å². The van der Waals surface area contributed by atoms with Gasteiger partial charge in [0.05, 0.1) is 5.69 Å². The Hall–Kier alpha value is -0.450. The molecule has 1 fully saturated rings. The summed E-state index contributed by atoms with van der Waals surface area (Å²) in [5.74, 6) is 0.963. The number of nitrogens with one attached hydrogen (secondary N) is 1. The summed E-state index contributed by atoms with van der Waals surface area (Å²) >= 11 is 1.78. The van der Waals surface area contributed by atoms with Crippen molar-refractivity contribution in [1.29, 1.82) is 0 Å². The number of likely N-dealkylation sites (tertiary alicyclic amines) is 1. The molecule has 1 aromatic heterocycles. The maximum Gasteiger partial charge on any atom is 0.107 e. The lowest BCUT2D eigenvalue weighted by Crippen LogP contribution is -2.24. The summed E-state index contributed by atoms with van der Waals surface area (Å²) in [5.41, 5.74) is 1.25. The van der Waals surface area contributed by atoms with Crippen molar-refractivity contribution < 1.29 is 0 Å². The number of hydrogen-bond acceptors (Lipinski definition) is 4. The molecule has 1 aromatic rings. The zero-order valence-electron chi connectivity index (χ0n) is 12.3. The highest BCUT2D eigenvalue weighted by Crippen LogP contribution is 2.23. The lowest BCUT2D eigenvalue weighted by atomic mass is 9.96. The van der Waals surface area contributed by atoms with Crippen LogP contribution in [-0.4, -0.2) is 30.0 Å². The highest BCUT2D eigenvalue weighted by molar-refractivity contribution is 7.09. The summed E-state index contributed by atoms with van der Waals surface area (Å²) in [6, 6.07) is 0. The Morgan fingerprint density at radius 3 is 3.11 bits per heavy atom. The average Bonchev–Trinajstić information content (AvgIpc) is 2.71. The highest BCUT2D eigenvalue weighted by atomic mass is 32.1. The first kappa shape index (κ1) is 14.9. The maximum atomic E-state index is 4.69. The molecule has 0 bridgehead atoms. The fourth-order valence-corrected chi connectivity index (χ4v) is 3.76. The van der Waals surface area contributed by atoms with Gasteiger partial charge in [0, 0.05) is 18.5 Å². The molecular formula is C15H27N3S. The van der Waals surface area contributed by atoms with Crippen LogP contribution >= 0.6 is 11.3 Å². The summed E-state index contributed by atoms with van der Waals surface area (Å²) in [6.07, 6.45) is 6.91. The average molecular weight is 281 g/mol. The van der Waals surface area contributed by atoms with Crippen molar-refractivity contribution in [3.63, 3.8) is 0 Å². The van der Waals surface area contributed by atoms with E-state index in [9.17, 15) is 0 Å². The van der Waals surface area contributed by atoms with E-state index in [0.717, 1.165) is 19.0 Å². The SMILES string of the molecule is CCCC1CCCN(Cc2csc(CNC)n2)CC1. The first-order valence-electron chi connectivity index (χ1n) is 7.62. The molecule has 0 aromatic carbocycles. The van der Waals surface area contributed by atoms with Crippen molar-refractivity contribution in [3.8, 4) is 0 Å². The van der Waals surface area contributed by atoms with Gasteiger partial charge in [-0.15, -0.1) is 11.3 Å². The first-order chi connectivity index (χ1) is 9.31. The zero-order chi connectivity index (χ0) is 13.5. The first-order valence-corrected chi connectivity index (χ1v) is 8.50. The Balaban J connectivity index is 1.81. The van der Waals surface area contributed by atoms with Crippen LogP contribution in [0.3, 0.4) is 0 Å². The molecular weight excluding hydrogens is 254 g/mol. The summed E-state index contributed by atoms with van der Waals surface area (Å²) in [6.45, 7) is 6.74. The van der Waals surface area contributed by atoms with E-state index in [0.29, 0.717) is 0 Å². The van der Waals surface area contributed by atoms with Gasteiger partial charge in [-0.1, -0.05) is 19.8 Å². The topological polar surface area (TPSA) is 28.2 Å². The minimum atomic E-state index is 0.892. The largest absolute Gasteiger partial charge is 0.314 e. The summed E-state index contributed by atoms with van der Waals surface area (Å²) in [7, 11) is 1.98. The van der Waals surface area contributed by atoms with E-state index in [1.165, 1.54) is 55.9 Å².